The lowest BCUT2D eigenvalue weighted by molar-refractivity contribution is -0.0183. The number of hydrogen-bond acceptors (Lipinski definition) is 4. The molecule has 1 aromatic carbocycles. The number of carbonyl (C=O) groups excluding carboxylic acids is 1. The Bertz CT molecular complexity index is 591. The largest absolute Gasteiger partial charge is 0.494 e. The van der Waals surface area contributed by atoms with Crippen molar-refractivity contribution in [3.05, 3.63) is 24.3 Å². The van der Waals surface area contributed by atoms with Crippen molar-refractivity contribution in [2.24, 2.45) is 11.1 Å². The maximum Gasteiger partial charge on any atom is 0.415 e. The van der Waals surface area contributed by atoms with Gasteiger partial charge in [0.15, 0.2) is 0 Å². The molecule has 3 rings (SSSR count). The zero-order valence-electron chi connectivity index (χ0n) is 14.0. The summed E-state index contributed by atoms with van der Waals surface area (Å²) >= 11 is 0. The SMILES string of the molecule is CCOc1cccc(N2CC3(CCCC(C)(CN)C3)OC2=O)c1. The first-order chi connectivity index (χ1) is 11.0. The number of nitrogens with zero attached hydrogens (tertiary/aromatic N) is 1. The monoisotopic (exact) mass is 318 g/mol. The predicted molar refractivity (Wildman–Crippen MR) is 89.8 cm³/mol. The number of hydrogen-bond donors (Lipinski definition) is 1. The summed E-state index contributed by atoms with van der Waals surface area (Å²) in [6.07, 6.45) is 3.64. The molecular weight excluding hydrogens is 292 g/mol. The highest BCUT2D eigenvalue weighted by atomic mass is 16.6. The fraction of sp³-hybridized carbons (Fsp3) is 0.611. The van der Waals surface area contributed by atoms with Gasteiger partial charge in [-0.2, -0.15) is 0 Å². The maximum absolute atomic E-state index is 12.4. The molecule has 1 aliphatic carbocycles. The van der Waals surface area contributed by atoms with Gasteiger partial charge in [0.2, 0.25) is 0 Å². The van der Waals surface area contributed by atoms with Gasteiger partial charge in [0.25, 0.3) is 0 Å². The van der Waals surface area contributed by atoms with Gasteiger partial charge in [0.1, 0.15) is 11.4 Å². The number of nitrogens with two attached hydrogens (primary N) is 1. The molecule has 1 saturated heterocycles. The Morgan fingerprint density at radius 1 is 1.39 bits per heavy atom. The van der Waals surface area contributed by atoms with Crippen molar-refractivity contribution >= 4 is 11.8 Å². The fourth-order valence-corrected chi connectivity index (χ4v) is 3.92. The molecule has 1 aromatic rings. The quantitative estimate of drug-likeness (QED) is 0.925. The number of carbonyl (C=O) groups is 1. The van der Waals surface area contributed by atoms with Gasteiger partial charge >= 0.3 is 6.09 Å². The molecule has 126 valence electrons. The third-order valence-electron chi connectivity index (χ3n) is 5.07. The summed E-state index contributed by atoms with van der Waals surface area (Å²) in [6, 6.07) is 7.63. The number of ether oxygens (including phenoxy) is 2. The van der Waals surface area contributed by atoms with Crippen LogP contribution in [-0.4, -0.2) is 31.4 Å². The summed E-state index contributed by atoms with van der Waals surface area (Å²) in [6.45, 7) is 5.97. The van der Waals surface area contributed by atoms with Crippen LogP contribution in [0, 0.1) is 5.41 Å². The van der Waals surface area contributed by atoms with Crippen LogP contribution in [0.15, 0.2) is 24.3 Å². The molecule has 2 N–H and O–H groups in total. The van der Waals surface area contributed by atoms with Crippen molar-refractivity contribution < 1.29 is 14.3 Å². The second-order valence-electron chi connectivity index (χ2n) is 7.11. The maximum atomic E-state index is 12.4. The second-order valence-corrected chi connectivity index (χ2v) is 7.11. The van der Waals surface area contributed by atoms with E-state index in [1.807, 2.05) is 31.2 Å². The molecule has 2 fully saturated rings. The molecule has 2 aliphatic rings. The summed E-state index contributed by atoms with van der Waals surface area (Å²) in [5.74, 6) is 0.772. The van der Waals surface area contributed by atoms with E-state index < -0.39 is 5.60 Å². The van der Waals surface area contributed by atoms with Crippen molar-refractivity contribution in [2.75, 3.05) is 24.6 Å². The molecule has 5 heteroatoms. The van der Waals surface area contributed by atoms with Crippen molar-refractivity contribution in [1.29, 1.82) is 0 Å². The third kappa shape index (κ3) is 3.15. The minimum absolute atomic E-state index is 0.0573. The molecule has 0 bridgehead atoms. The fourth-order valence-electron chi connectivity index (χ4n) is 3.92. The third-order valence-corrected chi connectivity index (χ3v) is 5.07. The van der Waals surface area contributed by atoms with E-state index in [1.54, 1.807) is 4.90 Å². The van der Waals surface area contributed by atoms with Crippen LogP contribution in [0.2, 0.25) is 0 Å². The lowest BCUT2D eigenvalue weighted by atomic mass is 9.68. The number of benzene rings is 1. The van der Waals surface area contributed by atoms with Crippen LogP contribution in [-0.2, 0) is 4.74 Å². The van der Waals surface area contributed by atoms with Gasteiger partial charge in [0, 0.05) is 6.07 Å². The van der Waals surface area contributed by atoms with Crippen LogP contribution in [0.1, 0.15) is 39.5 Å². The smallest absolute Gasteiger partial charge is 0.415 e. The van der Waals surface area contributed by atoms with E-state index >= 15 is 0 Å². The van der Waals surface area contributed by atoms with Crippen molar-refractivity contribution in [1.82, 2.24) is 0 Å². The number of anilines is 1. The van der Waals surface area contributed by atoms with Crippen LogP contribution in [0.3, 0.4) is 0 Å². The van der Waals surface area contributed by atoms with E-state index in [2.05, 4.69) is 6.92 Å². The Morgan fingerprint density at radius 2 is 2.22 bits per heavy atom. The van der Waals surface area contributed by atoms with Gasteiger partial charge in [-0.15, -0.1) is 0 Å². The van der Waals surface area contributed by atoms with E-state index in [4.69, 9.17) is 15.2 Å². The molecule has 5 nitrogen and oxygen atoms in total. The van der Waals surface area contributed by atoms with Gasteiger partial charge in [-0.05, 0) is 56.7 Å². The summed E-state index contributed by atoms with van der Waals surface area (Å²) in [5.41, 5.74) is 6.44. The van der Waals surface area contributed by atoms with Gasteiger partial charge < -0.3 is 15.2 Å². The van der Waals surface area contributed by atoms with E-state index in [9.17, 15) is 4.79 Å². The Kier molecular flexibility index (Phi) is 4.23. The Balaban J connectivity index is 1.81. The molecule has 1 amide bonds. The van der Waals surface area contributed by atoms with Gasteiger partial charge in [-0.3, -0.25) is 4.90 Å². The number of rotatable bonds is 4. The zero-order valence-corrected chi connectivity index (χ0v) is 14.0. The molecule has 1 spiro atoms. The predicted octanol–water partition coefficient (Wildman–Crippen LogP) is 3.32. The minimum Gasteiger partial charge on any atom is -0.494 e. The van der Waals surface area contributed by atoms with Crippen molar-refractivity contribution in [3.63, 3.8) is 0 Å². The highest BCUT2D eigenvalue weighted by Gasteiger charge is 2.51. The Hall–Kier alpha value is -1.75. The summed E-state index contributed by atoms with van der Waals surface area (Å²) in [7, 11) is 0. The first kappa shape index (κ1) is 16.1. The molecule has 0 aromatic heterocycles. The second kappa shape index (κ2) is 6.04. The van der Waals surface area contributed by atoms with Crippen LogP contribution in [0.4, 0.5) is 10.5 Å². The highest BCUT2D eigenvalue weighted by molar-refractivity contribution is 5.90. The first-order valence-electron chi connectivity index (χ1n) is 8.43. The molecule has 23 heavy (non-hydrogen) atoms. The van der Waals surface area contributed by atoms with Crippen LogP contribution < -0.4 is 15.4 Å². The molecule has 0 radical (unpaired) electrons. The van der Waals surface area contributed by atoms with Crippen LogP contribution in [0.25, 0.3) is 0 Å². The molecule has 2 atom stereocenters. The Morgan fingerprint density at radius 3 is 2.96 bits per heavy atom. The normalized spacial score (nSPS) is 30.6. The zero-order chi connectivity index (χ0) is 16.5. The van der Waals surface area contributed by atoms with Gasteiger partial charge in [0.05, 0.1) is 18.8 Å². The van der Waals surface area contributed by atoms with E-state index in [-0.39, 0.29) is 11.5 Å². The van der Waals surface area contributed by atoms with Crippen molar-refractivity contribution in [2.45, 2.75) is 45.1 Å². The van der Waals surface area contributed by atoms with E-state index in [1.165, 1.54) is 0 Å². The average molecular weight is 318 g/mol. The van der Waals surface area contributed by atoms with E-state index in [0.29, 0.717) is 19.7 Å². The molecule has 1 aliphatic heterocycles. The van der Waals surface area contributed by atoms with Crippen LogP contribution in [0.5, 0.6) is 5.75 Å². The summed E-state index contributed by atoms with van der Waals surface area (Å²) < 4.78 is 11.4. The lowest BCUT2D eigenvalue weighted by Gasteiger charge is -2.42. The first-order valence-corrected chi connectivity index (χ1v) is 8.43. The molecule has 1 heterocycles. The highest BCUT2D eigenvalue weighted by Crippen LogP contribution is 2.46. The average Bonchev–Trinajstić information content (AvgIpc) is 2.83. The molecular formula is C18H26N2O3. The molecule has 1 saturated carbocycles. The topological polar surface area (TPSA) is 64.8 Å². The summed E-state index contributed by atoms with van der Waals surface area (Å²) in [5, 5.41) is 0. The lowest BCUT2D eigenvalue weighted by Crippen LogP contribution is -2.46. The van der Waals surface area contributed by atoms with Gasteiger partial charge in [-0.25, -0.2) is 4.79 Å². The van der Waals surface area contributed by atoms with Crippen LogP contribution >= 0.6 is 0 Å². The standard InChI is InChI=1S/C18H26N2O3/c1-3-22-15-7-4-6-14(10-15)20-13-18(23-16(20)21)9-5-8-17(2,11-18)12-19/h4,6-7,10H,3,5,8-9,11-13,19H2,1-2H3. The molecule has 2 unspecified atom stereocenters. The van der Waals surface area contributed by atoms with Gasteiger partial charge in [-0.1, -0.05) is 13.0 Å². The number of amides is 1. The minimum atomic E-state index is -0.398. The summed E-state index contributed by atoms with van der Waals surface area (Å²) in [4.78, 5) is 14.2. The van der Waals surface area contributed by atoms with E-state index in [0.717, 1.165) is 37.1 Å². The van der Waals surface area contributed by atoms with Crippen molar-refractivity contribution in [3.8, 4) is 5.75 Å². The Labute approximate surface area is 137 Å².